The minimum atomic E-state index is -0.257. The fraction of sp³-hybridized carbons (Fsp3) is 0.812. The lowest BCUT2D eigenvalue weighted by Gasteiger charge is -2.36. The van der Waals surface area contributed by atoms with E-state index >= 15 is 0 Å². The SMILES string of the molecule is NC(=O)C1CCN(C(=O)C2CCN(C(=O)NC3CC3)CC2)CC1. The van der Waals surface area contributed by atoms with Crippen molar-refractivity contribution in [1.82, 2.24) is 15.1 Å². The predicted molar refractivity (Wildman–Crippen MR) is 84.3 cm³/mol. The third kappa shape index (κ3) is 3.95. The number of likely N-dealkylation sites (tertiary alicyclic amines) is 2. The van der Waals surface area contributed by atoms with Crippen LogP contribution in [0.1, 0.15) is 38.5 Å². The van der Waals surface area contributed by atoms with Gasteiger partial charge in [0.15, 0.2) is 0 Å². The number of rotatable bonds is 3. The van der Waals surface area contributed by atoms with Crippen molar-refractivity contribution < 1.29 is 14.4 Å². The van der Waals surface area contributed by atoms with E-state index in [0.29, 0.717) is 45.1 Å². The van der Waals surface area contributed by atoms with E-state index in [4.69, 9.17) is 5.73 Å². The summed E-state index contributed by atoms with van der Waals surface area (Å²) < 4.78 is 0. The largest absolute Gasteiger partial charge is 0.369 e. The quantitative estimate of drug-likeness (QED) is 0.782. The van der Waals surface area contributed by atoms with Crippen LogP contribution in [0.15, 0.2) is 0 Å². The Morgan fingerprint density at radius 2 is 1.30 bits per heavy atom. The monoisotopic (exact) mass is 322 g/mol. The van der Waals surface area contributed by atoms with Gasteiger partial charge in [-0.05, 0) is 38.5 Å². The van der Waals surface area contributed by atoms with Crippen LogP contribution in [-0.4, -0.2) is 59.9 Å². The topological polar surface area (TPSA) is 95.7 Å². The summed E-state index contributed by atoms with van der Waals surface area (Å²) >= 11 is 0. The van der Waals surface area contributed by atoms with E-state index in [-0.39, 0.29) is 29.7 Å². The van der Waals surface area contributed by atoms with Gasteiger partial charge in [0.2, 0.25) is 11.8 Å². The zero-order valence-electron chi connectivity index (χ0n) is 13.5. The first-order chi connectivity index (χ1) is 11.0. The first-order valence-electron chi connectivity index (χ1n) is 8.68. The Hall–Kier alpha value is -1.79. The first-order valence-corrected chi connectivity index (χ1v) is 8.68. The minimum Gasteiger partial charge on any atom is -0.369 e. The summed E-state index contributed by atoms with van der Waals surface area (Å²) in [6.45, 7) is 2.53. The van der Waals surface area contributed by atoms with Gasteiger partial charge in [-0.25, -0.2) is 4.79 Å². The van der Waals surface area contributed by atoms with E-state index in [1.807, 2.05) is 9.80 Å². The molecule has 0 spiro atoms. The molecule has 3 N–H and O–H groups in total. The van der Waals surface area contributed by atoms with Gasteiger partial charge in [0.05, 0.1) is 0 Å². The summed E-state index contributed by atoms with van der Waals surface area (Å²) in [5.41, 5.74) is 5.33. The molecule has 0 bridgehead atoms. The highest BCUT2D eigenvalue weighted by atomic mass is 16.2. The molecule has 0 radical (unpaired) electrons. The Bertz CT molecular complexity index is 476. The zero-order valence-corrected chi connectivity index (χ0v) is 13.5. The van der Waals surface area contributed by atoms with Crippen LogP contribution >= 0.6 is 0 Å². The number of carbonyl (C=O) groups excluding carboxylic acids is 3. The molecule has 1 aliphatic carbocycles. The molecule has 2 aliphatic heterocycles. The molecule has 23 heavy (non-hydrogen) atoms. The van der Waals surface area contributed by atoms with Crippen LogP contribution in [0.2, 0.25) is 0 Å². The van der Waals surface area contributed by atoms with E-state index < -0.39 is 0 Å². The van der Waals surface area contributed by atoms with Gasteiger partial charge in [-0.3, -0.25) is 9.59 Å². The van der Waals surface area contributed by atoms with Crippen LogP contribution in [0.3, 0.4) is 0 Å². The van der Waals surface area contributed by atoms with Crippen LogP contribution in [0, 0.1) is 11.8 Å². The van der Waals surface area contributed by atoms with Crippen LogP contribution in [0.25, 0.3) is 0 Å². The predicted octanol–water partition coefficient (Wildman–Crippen LogP) is 0.294. The number of amides is 4. The molecule has 2 saturated heterocycles. The van der Waals surface area contributed by atoms with Gasteiger partial charge in [0, 0.05) is 44.1 Å². The van der Waals surface area contributed by atoms with Crippen molar-refractivity contribution in [2.45, 2.75) is 44.6 Å². The molecule has 3 aliphatic rings. The fourth-order valence-corrected chi connectivity index (χ4v) is 3.47. The Labute approximate surface area is 136 Å². The van der Waals surface area contributed by atoms with Crippen molar-refractivity contribution >= 4 is 17.8 Å². The number of nitrogens with one attached hydrogen (secondary N) is 1. The molecule has 3 rings (SSSR count). The highest BCUT2D eigenvalue weighted by Gasteiger charge is 2.34. The molecular formula is C16H26N4O3. The second-order valence-electron chi connectivity index (χ2n) is 6.99. The third-order valence-corrected chi connectivity index (χ3v) is 5.25. The summed E-state index contributed by atoms with van der Waals surface area (Å²) in [6.07, 6.45) is 4.97. The van der Waals surface area contributed by atoms with Crippen molar-refractivity contribution in [2.24, 2.45) is 17.6 Å². The Kier molecular flexibility index (Phi) is 4.73. The number of piperidine rings is 2. The van der Waals surface area contributed by atoms with Crippen LogP contribution in [0.4, 0.5) is 4.79 Å². The molecule has 7 heteroatoms. The average Bonchev–Trinajstić information content (AvgIpc) is 3.38. The van der Waals surface area contributed by atoms with Gasteiger partial charge in [0.25, 0.3) is 0 Å². The number of nitrogens with zero attached hydrogens (tertiary/aromatic N) is 2. The third-order valence-electron chi connectivity index (χ3n) is 5.25. The lowest BCUT2D eigenvalue weighted by atomic mass is 9.92. The Balaban J connectivity index is 1.43. The number of urea groups is 1. The maximum absolute atomic E-state index is 12.6. The number of primary amides is 1. The van der Waals surface area contributed by atoms with Crippen molar-refractivity contribution in [2.75, 3.05) is 26.2 Å². The summed E-state index contributed by atoms with van der Waals surface area (Å²) in [5, 5.41) is 2.99. The van der Waals surface area contributed by atoms with Crippen LogP contribution in [0.5, 0.6) is 0 Å². The molecule has 0 aromatic heterocycles. The molecular weight excluding hydrogens is 296 g/mol. The molecule has 4 amide bonds. The average molecular weight is 322 g/mol. The number of nitrogens with two attached hydrogens (primary N) is 1. The number of carbonyl (C=O) groups is 3. The van der Waals surface area contributed by atoms with Gasteiger partial charge in [-0.1, -0.05) is 0 Å². The van der Waals surface area contributed by atoms with Crippen molar-refractivity contribution in [3.63, 3.8) is 0 Å². The maximum Gasteiger partial charge on any atom is 0.317 e. The number of hydrogen-bond acceptors (Lipinski definition) is 3. The van der Waals surface area contributed by atoms with Gasteiger partial charge in [0.1, 0.15) is 0 Å². The molecule has 3 fully saturated rings. The van der Waals surface area contributed by atoms with Gasteiger partial charge in [-0.2, -0.15) is 0 Å². The minimum absolute atomic E-state index is 0.00473. The van der Waals surface area contributed by atoms with Crippen LogP contribution < -0.4 is 11.1 Å². The second-order valence-corrected chi connectivity index (χ2v) is 6.99. The standard InChI is InChI=1S/C16H26N4O3/c17-14(21)11-3-7-19(8-4-11)15(22)12-5-9-20(10-6-12)16(23)18-13-1-2-13/h11-13H,1-10H2,(H2,17,21)(H,18,23). The Morgan fingerprint density at radius 3 is 1.83 bits per heavy atom. The lowest BCUT2D eigenvalue weighted by Crippen LogP contribution is -2.49. The fourth-order valence-electron chi connectivity index (χ4n) is 3.47. The smallest absolute Gasteiger partial charge is 0.317 e. The second kappa shape index (κ2) is 6.76. The lowest BCUT2D eigenvalue weighted by molar-refractivity contribution is -0.139. The van der Waals surface area contributed by atoms with Crippen molar-refractivity contribution in [3.05, 3.63) is 0 Å². The maximum atomic E-state index is 12.6. The normalized spacial score (nSPS) is 23.7. The molecule has 7 nitrogen and oxygen atoms in total. The molecule has 2 heterocycles. The van der Waals surface area contributed by atoms with Crippen LogP contribution in [-0.2, 0) is 9.59 Å². The molecule has 0 unspecified atom stereocenters. The highest BCUT2D eigenvalue weighted by Crippen LogP contribution is 2.24. The van der Waals surface area contributed by atoms with Gasteiger partial charge >= 0.3 is 6.03 Å². The first kappa shape index (κ1) is 16.1. The van der Waals surface area contributed by atoms with E-state index in [1.54, 1.807) is 0 Å². The molecule has 0 aromatic carbocycles. The van der Waals surface area contributed by atoms with E-state index in [0.717, 1.165) is 25.7 Å². The van der Waals surface area contributed by atoms with E-state index in [9.17, 15) is 14.4 Å². The molecule has 1 saturated carbocycles. The zero-order chi connectivity index (χ0) is 16.4. The summed E-state index contributed by atoms with van der Waals surface area (Å²) in [7, 11) is 0. The van der Waals surface area contributed by atoms with E-state index in [2.05, 4.69) is 5.32 Å². The van der Waals surface area contributed by atoms with E-state index in [1.165, 1.54) is 0 Å². The van der Waals surface area contributed by atoms with Gasteiger partial charge < -0.3 is 20.9 Å². The summed E-state index contributed by atoms with van der Waals surface area (Å²) in [5.74, 6) is -0.167. The molecule has 0 atom stereocenters. The van der Waals surface area contributed by atoms with Crippen molar-refractivity contribution in [3.8, 4) is 0 Å². The highest BCUT2D eigenvalue weighted by molar-refractivity contribution is 5.81. The summed E-state index contributed by atoms with van der Waals surface area (Å²) in [4.78, 5) is 39.5. The molecule has 0 aromatic rings. The van der Waals surface area contributed by atoms with Gasteiger partial charge in [-0.15, -0.1) is 0 Å². The Morgan fingerprint density at radius 1 is 0.783 bits per heavy atom. The number of hydrogen-bond donors (Lipinski definition) is 2. The van der Waals surface area contributed by atoms with Crippen molar-refractivity contribution in [1.29, 1.82) is 0 Å². The summed E-state index contributed by atoms with van der Waals surface area (Å²) in [6, 6.07) is 0.383. The molecule has 128 valence electrons.